The molecule has 9 heteroatoms. The van der Waals surface area contributed by atoms with Crippen molar-refractivity contribution in [3.05, 3.63) is 58.7 Å². The number of ether oxygens (including phenoxy) is 1. The number of thiophene rings is 1. The van der Waals surface area contributed by atoms with Crippen molar-refractivity contribution in [1.29, 1.82) is 0 Å². The molecular formula is C16H11F3N2O3S. The van der Waals surface area contributed by atoms with Crippen LogP contribution in [0.4, 0.5) is 13.2 Å². The Morgan fingerprint density at radius 3 is 2.80 bits per heavy atom. The molecule has 130 valence electrons. The summed E-state index contributed by atoms with van der Waals surface area (Å²) in [6.07, 6.45) is -4.73. The molecule has 25 heavy (non-hydrogen) atoms. The lowest BCUT2D eigenvalue weighted by molar-refractivity contribution is -0.144. The van der Waals surface area contributed by atoms with Crippen LogP contribution < -0.4 is 0 Å². The standard InChI is InChI=1S/C16H11F3N2O3S/c17-16(18,19)11-4-1-3-10(7-11)8-14(22)23-9-13-20-15(24-21-13)12-5-2-6-25-12/h1-7H,8-9H2. The van der Waals surface area contributed by atoms with E-state index in [1.54, 1.807) is 0 Å². The second kappa shape index (κ2) is 7.06. The first-order chi connectivity index (χ1) is 11.9. The molecule has 0 spiro atoms. The zero-order valence-electron chi connectivity index (χ0n) is 12.6. The van der Waals surface area contributed by atoms with E-state index in [4.69, 9.17) is 9.26 Å². The number of aromatic nitrogens is 2. The summed E-state index contributed by atoms with van der Waals surface area (Å²) in [6.45, 7) is -0.216. The first-order valence-electron chi connectivity index (χ1n) is 7.10. The summed E-state index contributed by atoms with van der Waals surface area (Å²) in [5, 5.41) is 5.55. The van der Waals surface area contributed by atoms with E-state index < -0.39 is 17.7 Å². The fourth-order valence-corrected chi connectivity index (χ4v) is 2.68. The molecule has 0 radical (unpaired) electrons. The van der Waals surface area contributed by atoms with E-state index in [1.807, 2.05) is 17.5 Å². The zero-order chi connectivity index (χ0) is 17.9. The fourth-order valence-electron chi connectivity index (χ4n) is 2.03. The minimum atomic E-state index is -4.46. The van der Waals surface area contributed by atoms with E-state index in [1.165, 1.54) is 23.5 Å². The summed E-state index contributed by atoms with van der Waals surface area (Å²) in [5.41, 5.74) is -0.594. The van der Waals surface area contributed by atoms with Gasteiger partial charge in [0.05, 0.1) is 16.9 Å². The predicted molar refractivity (Wildman–Crippen MR) is 82.6 cm³/mol. The molecule has 5 nitrogen and oxygen atoms in total. The van der Waals surface area contributed by atoms with Crippen molar-refractivity contribution in [2.24, 2.45) is 0 Å². The summed E-state index contributed by atoms with van der Waals surface area (Å²) in [5.74, 6) is -0.179. The molecule has 1 aromatic carbocycles. The van der Waals surface area contributed by atoms with Crippen molar-refractivity contribution in [1.82, 2.24) is 10.1 Å². The van der Waals surface area contributed by atoms with E-state index in [0.29, 0.717) is 5.89 Å². The SMILES string of the molecule is O=C(Cc1cccc(C(F)(F)F)c1)OCc1noc(-c2cccs2)n1. The Bertz CT molecular complexity index is 860. The fraction of sp³-hybridized carbons (Fsp3) is 0.188. The number of rotatable bonds is 5. The molecule has 0 fully saturated rings. The maximum atomic E-state index is 12.7. The Morgan fingerprint density at radius 2 is 2.08 bits per heavy atom. The summed E-state index contributed by atoms with van der Waals surface area (Å²) >= 11 is 1.42. The molecule has 0 amide bonds. The van der Waals surface area contributed by atoms with E-state index >= 15 is 0 Å². The second-order valence-corrected chi connectivity index (χ2v) is 5.98. The molecule has 0 aliphatic carbocycles. The monoisotopic (exact) mass is 368 g/mol. The molecule has 2 aromatic heterocycles. The predicted octanol–water partition coefficient (Wildman–Crippen LogP) is 4.10. The molecule has 0 aliphatic heterocycles. The number of alkyl halides is 3. The number of benzene rings is 1. The Hall–Kier alpha value is -2.68. The Kier molecular flexibility index (Phi) is 4.84. The molecular weight excluding hydrogens is 357 g/mol. The zero-order valence-corrected chi connectivity index (χ0v) is 13.4. The van der Waals surface area contributed by atoms with Gasteiger partial charge in [0.2, 0.25) is 5.82 Å². The first-order valence-corrected chi connectivity index (χ1v) is 7.98. The maximum absolute atomic E-state index is 12.7. The highest BCUT2D eigenvalue weighted by Crippen LogP contribution is 2.29. The molecule has 2 heterocycles. The van der Waals surface area contributed by atoms with Crippen molar-refractivity contribution < 1.29 is 27.2 Å². The smallest absolute Gasteiger partial charge is 0.416 e. The van der Waals surface area contributed by atoms with E-state index in [9.17, 15) is 18.0 Å². The van der Waals surface area contributed by atoms with Crippen LogP contribution in [0, 0.1) is 0 Å². The molecule has 0 N–H and O–H groups in total. The van der Waals surface area contributed by atoms with E-state index in [-0.39, 0.29) is 24.4 Å². The van der Waals surface area contributed by atoms with Crippen LogP contribution in [-0.4, -0.2) is 16.1 Å². The first kappa shape index (κ1) is 17.2. The largest absolute Gasteiger partial charge is 0.457 e. The van der Waals surface area contributed by atoms with Gasteiger partial charge in [-0.3, -0.25) is 4.79 Å². The minimum absolute atomic E-state index is 0.181. The quantitative estimate of drug-likeness (QED) is 0.635. The van der Waals surface area contributed by atoms with Gasteiger partial charge in [0.25, 0.3) is 5.89 Å². The Balaban J connectivity index is 1.57. The highest BCUT2D eigenvalue weighted by atomic mass is 32.1. The van der Waals surface area contributed by atoms with Gasteiger partial charge in [-0.25, -0.2) is 0 Å². The Morgan fingerprint density at radius 1 is 1.24 bits per heavy atom. The van der Waals surface area contributed by atoms with Gasteiger partial charge in [0, 0.05) is 0 Å². The molecule has 0 saturated carbocycles. The van der Waals surface area contributed by atoms with Crippen molar-refractivity contribution in [3.8, 4) is 10.8 Å². The van der Waals surface area contributed by atoms with Crippen LogP contribution in [0.1, 0.15) is 17.0 Å². The molecule has 0 bridgehead atoms. The number of hydrogen-bond donors (Lipinski definition) is 0. The molecule has 0 saturated heterocycles. The highest BCUT2D eigenvalue weighted by Gasteiger charge is 2.30. The average molecular weight is 368 g/mol. The maximum Gasteiger partial charge on any atom is 0.416 e. The number of halogens is 3. The van der Waals surface area contributed by atoms with Crippen LogP contribution in [0.5, 0.6) is 0 Å². The summed E-state index contributed by atoms with van der Waals surface area (Å²) in [7, 11) is 0. The van der Waals surface area contributed by atoms with Crippen LogP contribution in [-0.2, 0) is 28.7 Å². The normalized spacial score (nSPS) is 11.5. The minimum Gasteiger partial charge on any atom is -0.457 e. The Labute approximate surface area is 144 Å². The number of hydrogen-bond acceptors (Lipinski definition) is 6. The van der Waals surface area contributed by atoms with Crippen LogP contribution >= 0.6 is 11.3 Å². The van der Waals surface area contributed by atoms with Gasteiger partial charge in [0.15, 0.2) is 6.61 Å². The van der Waals surface area contributed by atoms with Gasteiger partial charge in [-0.05, 0) is 23.1 Å². The number of esters is 1. The van der Waals surface area contributed by atoms with Gasteiger partial charge in [-0.1, -0.05) is 29.4 Å². The number of nitrogens with zero attached hydrogens (tertiary/aromatic N) is 2. The third-order valence-corrected chi connectivity index (χ3v) is 4.02. The van der Waals surface area contributed by atoms with Crippen molar-refractivity contribution in [2.75, 3.05) is 0 Å². The van der Waals surface area contributed by atoms with Crippen LogP contribution in [0.25, 0.3) is 10.8 Å². The number of carbonyl (C=O) groups excluding carboxylic acids is 1. The van der Waals surface area contributed by atoms with Gasteiger partial charge in [-0.2, -0.15) is 18.2 Å². The molecule has 0 unspecified atom stereocenters. The van der Waals surface area contributed by atoms with Crippen LogP contribution in [0.2, 0.25) is 0 Å². The van der Waals surface area contributed by atoms with Crippen LogP contribution in [0.15, 0.2) is 46.3 Å². The third-order valence-electron chi connectivity index (χ3n) is 3.17. The molecule has 0 aliphatic rings. The summed E-state index contributed by atoms with van der Waals surface area (Å²) in [4.78, 5) is 16.7. The van der Waals surface area contributed by atoms with Crippen molar-refractivity contribution in [3.63, 3.8) is 0 Å². The summed E-state index contributed by atoms with van der Waals surface area (Å²) in [6, 6.07) is 8.18. The van der Waals surface area contributed by atoms with Gasteiger partial charge < -0.3 is 9.26 Å². The third kappa shape index (κ3) is 4.44. The van der Waals surface area contributed by atoms with Gasteiger partial charge >= 0.3 is 12.1 Å². The average Bonchev–Trinajstić information content (AvgIpc) is 3.24. The molecule has 3 aromatic rings. The lowest BCUT2D eigenvalue weighted by atomic mass is 10.1. The molecule has 3 rings (SSSR count). The number of carbonyl (C=O) groups is 1. The van der Waals surface area contributed by atoms with Gasteiger partial charge in [-0.15, -0.1) is 11.3 Å². The topological polar surface area (TPSA) is 65.2 Å². The highest BCUT2D eigenvalue weighted by molar-refractivity contribution is 7.13. The van der Waals surface area contributed by atoms with Gasteiger partial charge in [0.1, 0.15) is 0 Å². The van der Waals surface area contributed by atoms with Crippen molar-refractivity contribution in [2.45, 2.75) is 19.2 Å². The summed E-state index contributed by atoms with van der Waals surface area (Å²) < 4.78 is 48.0. The van der Waals surface area contributed by atoms with E-state index in [0.717, 1.165) is 17.0 Å². The van der Waals surface area contributed by atoms with Crippen LogP contribution in [0.3, 0.4) is 0 Å². The van der Waals surface area contributed by atoms with Crippen molar-refractivity contribution >= 4 is 17.3 Å². The lowest BCUT2D eigenvalue weighted by Crippen LogP contribution is -2.10. The lowest BCUT2D eigenvalue weighted by Gasteiger charge is -2.08. The molecule has 0 atom stereocenters. The van der Waals surface area contributed by atoms with E-state index in [2.05, 4.69) is 10.1 Å². The second-order valence-electron chi connectivity index (χ2n) is 5.03.